The number of carbonyl (C=O) groups is 1. The van der Waals surface area contributed by atoms with Crippen LogP contribution in [0.4, 0.5) is 24.0 Å². The summed E-state index contributed by atoms with van der Waals surface area (Å²) >= 11 is 1.98. The second-order valence-corrected chi connectivity index (χ2v) is 8.36. The minimum absolute atomic E-state index is 0.0209. The first-order valence-electron chi connectivity index (χ1n) is 8.62. The van der Waals surface area contributed by atoms with Crippen molar-refractivity contribution in [1.82, 2.24) is 9.97 Å². The van der Waals surface area contributed by atoms with E-state index >= 15 is 0 Å². The zero-order valence-corrected chi connectivity index (χ0v) is 17.2. The Hall–Kier alpha value is -3.38. The molecule has 0 aliphatic carbocycles. The highest BCUT2D eigenvalue weighted by atomic mass is 32.1. The number of anilines is 1. The van der Waals surface area contributed by atoms with Crippen molar-refractivity contribution in [3.8, 4) is 11.4 Å². The van der Waals surface area contributed by atoms with Gasteiger partial charge in [0.2, 0.25) is 0 Å². The lowest BCUT2D eigenvalue weighted by molar-refractivity contribution is -0.380. The number of thiophene rings is 2. The number of aromatic nitrogens is 2. The Morgan fingerprint density at radius 2 is 1.97 bits per heavy atom. The van der Waals surface area contributed by atoms with E-state index in [-0.39, 0.29) is 27.1 Å². The number of nitrogens with one attached hydrogen (secondary N) is 1. The molecule has 1 amide bonds. The summed E-state index contributed by atoms with van der Waals surface area (Å²) < 4.78 is 39.9. The van der Waals surface area contributed by atoms with Gasteiger partial charge in [-0.05, 0) is 36.1 Å². The van der Waals surface area contributed by atoms with Gasteiger partial charge in [-0.1, -0.05) is 23.5 Å². The second-order valence-electron chi connectivity index (χ2n) is 6.42. The summed E-state index contributed by atoms with van der Waals surface area (Å²) in [7, 11) is 0. The molecule has 3 aromatic heterocycles. The molecule has 3 heterocycles. The maximum atomic E-state index is 13.1. The van der Waals surface area contributed by atoms with Crippen molar-refractivity contribution >= 4 is 49.6 Å². The standard InChI is InChI=1S/C19H11F3N4O3S2/c1-9-8-30-15-14(9)23-16(10-3-2-4-11(7-10)19(20,21)22)24-17(15)25-18(27)12-5-6-13(31-12)26(28)29/h2-8H,1H3,(H,23,24,25,27). The number of rotatable bonds is 4. The van der Waals surface area contributed by atoms with Gasteiger partial charge in [-0.3, -0.25) is 14.9 Å². The normalized spacial score (nSPS) is 11.6. The Labute approximate surface area is 180 Å². The van der Waals surface area contributed by atoms with E-state index in [9.17, 15) is 28.1 Å². The Balaban J connectivity index is 1.77. The minimum atomic E-state index is -4.52. The van der Waals surface area contributed by atoms with Crippen LogP contribution in [0.15, 0.2) is 41.8 Å². The van der Waals surface area contributed by atoms with Gasteiger partial charge in [-0.15, -0.1) is 11.3 Å². The van der Waals surface area contributed by atoms with E-state index in [2.05, 4.69) is 15.3 Å². The maximum absolute atomic E-state index is 13.1. The van der Waals surface area contributed by atoms with Crippen LogP contribution in [0.1, 0.15) is 20.8 Å². The van der Waals surface area contributed by atoms with Crippen LogP contribution in [0.25, 0.3) is 21.6 Å². The molecule has 158 valence electrons. The van der Waals surface area contributed by atoms with Crippen molar-refractivity contribution in [2.45, 2.75) is 13.1 Å². The second kappa shape index (κ2) is 7.71. The van der Waals surface area contributed by atoms with Crippen LogP contribution in [-0.2, 0) is 6.18 Å². The summed E-state index contributed by atoms with van der Waals surface area (Å²) in [5.41, 5.74) is 0.578. The van der Waals surface area contributed by atoms with E-state index in [1.807, 2.05) is 0 Å². The lowest BCUT2D eigenvalue weighted by Crippen LogP contribution is -2.12. The zero-order chi connectivity index (χ0) is 22.3. The van der Waals surface area contributed by atoms with Crippen molar-refractivity contribution in [3.05, 3.63) is 67.9 Å². The molecule has 0 saturated carbocycles. The molecular weight excluding hydrogens is 453 g/mol. The molecular formula is C19H11F3N4O3S2. The van der Waals surface area contributed by atoms with Crippen molar-refractivity contribution in [2.75, 3.05) is 5.32 Å². The van der Waals surface area contributed by atoms with Crippen LogP contribution in [0, 0.1) is 17.0 Å². The highest BCUT2D eigenvalue weighted by Gasteiger charge is 2.30. The van der Waals surface area contributed by atoms with Gasteiger partial charge in [0.05, 0.1) is 25.6 Å². The fourth-order valence-electron chi connectivity index (χ4n) is 2.80. The quantitative estimate of drug-likeness (QED) is 0.299. The Morgan fingerprint density at radius 3 is 2.65 bits per heavy atom. The van der Waals surface area contributed by atoms with Crippen molar-refractivity contribution in [3.63, 3.8) is 0 Å². The number of hydrogen-bond donors (Lipinski definition) is 1. The smallest absolute Gasteiger partial charge is 0.305 e. The van der Waals surface area contributed by atoms with Crippen LogP contribution in [0.5, 0.6) is 0 Å². The summed E-state index contributed by atoms with van der Waals surface area (Å²) in [6.07, 6.45) is -4.52. The largest absolute Gasteiger partial charge is 0.416 e. The average molecular weight is 464 g/mol. The number of hydrogen-bond acceptors (Lipinski definition) is 7. The summed E-state index contributed by atoms with van der Waals surface area (Å²) in [6, 6.07) is 7.14. The zero-order valence-electron chi connectivity index (χ0n) is 15.6. The Morgan fingerprint density at radius 1 is 1.19 bits per heavy atom. The third-order valence-electron chi connectivity index (χ3n) is 4.27. The van der Waals surface area contributed by atoms with Crippen molar-refractivity contribution < 1.29 is 22.9 Å². The van der Waals surface area contributed by atoms with Gasteiger partial charge in [-0.25, -0.2) is 9.97 Å². The molecule has 31 heavy (non-hydrogen) atoms. The van der Waals surface area contributed by atoms with Gasteiger partial charge in [0.15, 0.2) is 11.6 Å². The summed E-state index contributed by atoms with van der Waals surface area (Å²) in [4.78, 5) is 31.6. The third kappa shape index (κ3) is 4.11. The van der Waals surface area contributed by atoms with Gasteiger partial charge < -0.3 is 5.32 Å². The first-order valence-corrected chi connectivity index (χ1v) is 10.3. The third-order valence-corrected chi connectivity index (χ3v) is 6.40. The fourth-order valence-corrected chi connectivity index (χ4v) is 4.45. The van der Waals surface area contributed by atoms with Gasteiger partial charge in [0.1, 0.15) is 0 Å². The minimum Gasteiger partial charge on any atom is -0.305 e. The van der Waals surface area contributed by atoms with E-state index in [0.29, 0.717) is 21.6 Å². The fraction of sp³-hybridized carbons (Fsp3) is 0.105. The van der Waals surface area contributed by atoms with E-state index in [1.54, 1.807) is 12.3 Å². The van der Waals surface area contributed by atoms with E-state index < -0.39 is 22.6 Å². The molecule has 0 fully saturated rings. The lowest BCUT2D eigenvalue weighted by Gasteiger charge is -2.10. The average Bonchev–Trinajstić information content (AvgIpc) is 3.35. The molecule has 4 aromatic rings. The molecule has 0 radical (unpaired) electrons. The molecule has 0 aliphatic rings. The molecule has 0 aliphatic heterocycles. The maximum Gasteiger partial charge on any atom is 0.416 e. The molecule has 0 atom stereocenters. The topological polar surface area (TPSA) is 98.0 Å². The molecule has 0 spiro atoms. The molecule has 1 aromatic carbocycles. The molecule has 12 heteroatoms. The molecule has 1 N–H and O–H groups in total. The van der Waals surface area contributed by atoms with E-state index in [4.69, 9.17) is 0 Å². The highest BCUT2D eigenvalue weighted by molar-refractivity contribution is 7.18. The first-order chi connectivity index (χ1) is 14.6. The number of benzene rings is 1. The predicted molar refractivity (Wildman–Crippen MR) is 112 cm³/mol. The van der Waals surface area contributed by atoms with Crippen LogP contribution < -0.4 is 5.32 Å². The number of halogens is 3. The van der Waals surface area contributed by atoms with E-state index in [1.165, 1.54) is 35.6 Å². The van der Waals surface area contributed by atoms with E-state index in [0.717, 1.165) is 17.7 Å². The number of fused-ring (bicyclic) bond motifs is 1. The lowest BCUT2D eigenvalue weighted by atomic mass is 10.1. The number of nitrogens with zero attached hydrogens (tertiary/aromatic N) is 3. The molecule has 4 rings (SSSR count). The summed E-state index contributed by atoms with van der Waals surface area (Å²) in [5.74, 6) is -0.469. The predicted octanol–water partition coefficient (Wildman–Crippen LogP) is 5.91. The van der Waals surface area contributed by atoms with Gasteiger partial charge in [0.25, 0.3) is 5.91 Å². The number of alkyl halides is 3. The number of aryl methyl sites for hydroxylation is 1. The highest BCUT2D eigenvalue weighted by Crippen LogP contribution is 2.35. The van der Waals surface area contributed by atoms with Gasteiger partial charge in [0, 0.05) is 11.6 Å². The van der Waals surface area contributed by atoms with Crippen LogP contribution >= 0.6 is 22.7 Å². The first kappa shape index (κ1) is 20.9. The molecule has 7 nitrogen and oxygen atoms in total. The Bertz CT molecular complexity index is 1330. The van der Waals surface area contributed by atoms with Crippen LogP contribution in [0.2, 0.25) is 0 Å². The van der Waals surface area contributed by atoms with Gasteiger partial charge in [-0.2, -0.15) is 13.2 Å². The Kier molecular flexibility index (Phi) is 5.19. The van der Waals surface area contributed by atoms with Crippen LogP contribution in [0.3, 0.4) is 0 Å². The summed E-state index contributed by atoms with van der Waals surface area (Å²) in [5, 5.41) is 15.1. The van der Waals surface area contributed by atoms with Crippen LogP contribution in [-0.4, -0.2) is 20.8 Å². The molecule has 0 bridgehead atoms. The monoisotopic (exact) mass is 464 g/mol. The molecule has 0 saturated heterocycles. The summed E-state index contributed by atoms with van der Waals surface area (Å²) in [6.45, 7) is 1.79. The number of amides is 1. The van der Waals surface area contributed by atoms with Gasteiger partial charge >= 0.3 is 11.2 Å². The van der Waals surface area contributed by atoms with Crippen molar-refractivity contribution in [1.29, 1.82) is 0 Å². The SMILES string of the molecule is Cc1csc2c(NC(=O)c3ccc([N+](=O)[O-])s3)nc(-c3cccc(C(F)(F)F)c3)nc12. The number of nitro groups is 1. The van der Waals surface area contributed by atoms with Crippen molar-refractivity contribution in [2.24, 2.45) is 0 Å². The number of carbonyl (C=O) groups excluding carboxylic acids is 1. The molecule has 0 unspecified atom stereocenters.